The van der Waals surface area contributed by atoms with Crippen LogP contribution in [-0.2, 0) is 4.74 Å². The third-order valence-corrected chi connectivity index (χ3v) is 2.51. The lowest BCUT2D eigenvalue weighted by Crippen LogP contribution is -2.20. The van der Waals surface area contributed by atoms with Crippen LogP contribution in [0.3, 0.4) is 0 Å². The van der Waals surface area contributed by atoms with Gasteiger partial charge in [0, 0.05) is 6.54 Å². The average Bonchev–Trinajstić information content (AvgIpc) is 2.33. The standard InChI is InChI=1S/C10H21NO/c1-11-8-9-12-10-6-4-2-3-5-7-10/h10-11H,2-9H2,1H3. The molecule has 0 aliphatic heterocycles. The summed E-state index contributed by atoms with van der Waals surface area (Å²) in [5, 5.41) is 3.10. The van der Waals surface area contributed by atoms with E-state index < -0.39 is 0 Å². The molecule has 0 amide bonds. The predicted octanol–water partition coefficient (Wildman–Crippen LogP) is 1.95. The molecule has 0 heterocycles. The number of hydrogen-bond donors (Lipinski definition) is 1. The van der Waals surface area contributed by atoms with Crippen molar-refractivity contribution in [3.05, 3.63) is 0 Å². The van der Waals surface area contributed by atoms with E-state index in [-0.39, 0.29) is 0 Å². The van der Waals surface area contributed by atoms with Crippen LogP contribution in [0.15, 0.2) is 0 Å². The van der Waals surface area contributed by atoms with E-state index >= 15 is 0 Å². The Morgan fingerprint density at radius 1 is 1.17 bits per heavy atom. The first-order valence-corrected chi connectivity index (χ1v) is 5.19. The van der Waals surface area contributed by atoms with Crippen LogP contribution in [0.25, 0.3) is 0 Å². The summed E-state index contributed by atoms with van der Waals surface area (Å²) in [4.78, 5) is 0. The summed E-state index contributed by atoms with van der Waals surface area (Å²) in [6.07, 6.45) is 8.67. The molecule has 1 fully saturated rings. The molecule has 0 aromatic heterocycles. The Kier molecular flexibility index (Phi) is 5.37. The molecule has 0 spiro atoms. The van der Waals surface area contributed by atoms with Crippen molar-refractivity contribution in [2.24, 2.45) is 0 Å². The van der Waals surface area contributed by atoms with Crippen LogP contribution in [0.4, 0.5) is 0 Å². The van der Waals surface area contributed by atoms with Gasteiger partial charge in [0.2, 0.25) is 0 Å². The van der Waals surface area contributed by atoms with Crippen LogP contribution in [0.1, 0.15) is 38.5 Å². The summed E-state index contributed by atoms with van der Waals surface area (Å²) in [7, 11) is 1.97. The molecule has 0 atom stereocenters. The molecule has 2 heteroatoms. The predicted molar refractivity (Wildman–Crippen MR) is 51.4 cm³/mol. The maximum atomic E-state index is 5.74. The van der Waals surface area contributed by atoms with Crippen LogP contribution < -0.4 is 5.32 Å². The van der Waals surface area contributed by atoms with E-state index in [0.717, 1.165) is 13.2 Å². The number of ether oxygens (including phenoxy) is 1. The van der Waals surface area contributed by atoms with Crippen molar-refractivity contribution in [3.63, 3.8) is 0 Å². The second-order valence-corrected chi connectivity index (χ2v) is 3.59. The zero-order chi connectivity index (χ0) is 8.65. The maximum Gasteiger partial charge on any atom is 0.0594 e. The van der Waals surface area contributed by atoms with Crippen molar-refractivity contribution in [1.29, 1.82) is 0 Å². The van der Waals surface area contributed by atoms with Crippen LogP contribution in [0.2, 0.25) is 0 Å². The fraction of sp³-hybridized carbons (Fsp3) is 1.00. The highest BCUT2D eigenvalue weighted by Crippen LogP contribution is 2.19. The number of nitrogens with one attached hydrogen (secondary N) is 1. The smallest absolute Gasteiger partial charge is 0.0594 e. The normalized spacial score (nSPS) is 20.8. The van der Waals surface area contributed by atoms with Gasteiger partial charge in [0.15, 0.2) is 0 Å². The fourth-order valence-electron chi connectivity index (χ4n) is 1.74. The monoisotopic (exact) mass is 171 g/mol. The van der Waals surface area contributed by atoms with Crippen LogP contribution in [0, 0.1) is 0 Å². The van der Waals surface area contributed by atoms with Gasteiger partial charge in [-0.25, -0.2) is 0 Å². The highest BCUT2D eigenvalue weighted by molar-refractivity contribution is 4.63. The van der Waals surface area contributed by atoms with Crippen molar-refractivity contribution >= 4 is 0 Å². The van der Waals surface area contributed by atoms with Gasteiger partial charge in [0.25, 0.3) is 0 Å². The first kappa shape index (κ1) is 10.0. The Bertz CT molecular complexity index is 98.0. The molecule has 72 valence electrons. The highest BCUT2D eigenvalue weighted by Gasteiger charge is 2.11. The number of rotatable bonds is 4. The van der Waals surface area contributed by atoms with E-state index in [9.17, 15) is 0 Å². The summed E-state index contributed by atoms with van der Waals surface area (Å²) < 4.78 is 5.74. The van der Waals surface area contributed by atoms with Crippen molar-refractivity contribution in [2.75, 3.05) is 20.2 Å². The summed E-state index contributed by atoms with van der Waals surface area (Å²) in [5.41, 5.74) is 0. The SMILES string of the molecule is CNCCOC1CCCCCC1. The molecule has 2 nitrogen and oxygen atoms in total. The van der Waals surface area contributed by atoms with E-state index in [4.69, 9.17) is 4.74 Å². The molecule has 0 radical (unpaired) electrons. The van der Waals surface area contributed by atoms with Gasteiger partial charge in [0.1, 0.15) is 0 Å². The second-order valence-electron chi connectivity index (χ2n) is 3.59. The lowest BCUT2D eigenvalue weighted by molar-refractivity contribution is 0.0459. The van der Waals surface area contributed by atoms with Crippen LogP contribution in [0.5, 0.6) is 0 Å². The van der Waals surface area contributed by atoms with Crippen LogP contribution >= 0.6 is 0 Å². The Hall–Kier alpha value is -0.0800. The summed E-state index contributed by atoms with van der Waals surface area (Å²) in [5.74, 6) is 0. The Labute approximate surface area is 75.7 Å². The van der Waals surface area contributed by atoms with E-state index in [2.05, 4.69) is 5.32 Å². The summed E-state index contributed by atoms with van der Waals surface area (Å²) >= 11 is 0. The highest BCUT2D eigenvalue weighted by atomic mass is 16.5. The van der Waals surface area contributed by atoms with Gasteiger partial charge in [-0.2, -0.15) is 0 Å². The maximum absolute atomic E-state index is 5.74. The molecule has 12 heavy (non-hydrogen) atoms. The first-order valence-electron chi connectivity index (χ1n) is 5.19. The first-order chi connectivity index (χ1) is 5.93. The molecule has 1 saturated carbocycles. The lowest BCUT2D eigenvalue weighted by Gasteiger charge is -2.14. The van der Waals surface area contributed by atoms with E-state index in [0.29, 0.717) is 6.10 Å². The zero-order valence-electron chi connectivity index (χ0n) is 8.14. The van der Waals surface area contributed by atoms with Gasteiger partial charge in [-0.1, -0.05) is 25.7 Å². The minimum Gasteiger partial charge on any atom is -0.377 e. The molecule has 1 aliphatic rings. The molecular weight excluding hydrogens is 150 g/mol. The van der Waals surface area contributed by atoms with Gasteiger partial charge >= 0.3 is 0 Å². The summed E-state index contributed by atoms with van der Waals surface area (Å²) in [6.45, 7) is 1.86. The molecule has 1 rings (SSSR count). The van der Waals surface area contributed by atoms with Crippen molar-refractivity contribution < 1.29 is 4.74 Å². The zero-order valence-corrected chi connectivity index (χ0v) is 8.14. The van der Waals surface area contributed by atoms with E-state index in [1.54, 1.807) is 0 Å². The van der Waals surface area contributed by atoms with Gasteiger partial charge in [-0.3, -0.25) is 0 Å². The Morgan fingerprint density at radius 2 is 1.83 bits per heavy atom. The molecular formula is C10H21NO. The Balaban J connectivity index is 2.04. The second kappa shape index (κ2) is 6.44. The Morgan fingerprint density at radius 3 is 2.42 bits per heavy atom. The molecule has 0 aromatic rings. The average molecular weight is 171 g/mol. The van der Waals surface area contributed by atoms with Crippen LogP contribution in [-0.4, -0.2) is 26.3 Å². The van der Waals surface area contributed by atoms with Gasteiger partial charge in [-0.05, 0) is 19.9 Å². The molecule has 0 unspecified atom stereocenters. The van der Waals surface area contributed by atoms with E-state index in [1.165, 1.54) is 38.5 Å². The molecule has 1 N–H and O–H groups in total. The minimum absolute atomic E-state index is 0.556. The van der Waals surface area contributed by atoms with E-state index in [1.807, 2.05) is 7.05 Å². The molecule has 1 aliphatic carbocycles. The third-order valence-electron chi connectivity index (χ3n) is 2.51. The van der Waals surface area contributed by atoms with Gasteiger partial charge in [0.05, 0.1) is 12.7 Å². The molecule has 0 bridgehead atoms. The van der Waals surface area contributed by atoms with Crippen molar-refractivity contribution in [3.8, 4) is 0 Å². The fourth-order valence-corrected chi connectivity index (χ4v) is 1.74. The molecule has 0 saturated heterocycles. The van der Waals surface area contributed by atoms with Gasteiger partial charge < -0.3 is 10.1 Å². The number of hydrogen-bond acceptors (Lipinski definition) is 2. The minimum atomic E-state index is 0.556. The topological polar surface area (TPSA) is 21.3 Å². The number of likely N-dealkylation sites (N-methyl/N-ethyl adjacent to an activating group) is 1. The third kappa shape index (κ3) is 4.07. The van der Waals surface area contributed by atoms with Gasteiger partial charge in [-0.15, -0.1) is 0 Å². The quantitative estimate of drug-likeness (QED) is 0.515. The lowest BCUT2D eigenvalue weighted by atomic mass is 10.1. The molecule has 0 aromatic carbocycles. The van der Waals surface area contributed by atoms with Crippen molar-refractivity contribution in [2.45, 2.75) is 44.6 Å². The largest absolute Gasteiger partial charge is 0.377 e. The van der Waals surface area contributed by atoms with Crippen molar-refractivity contribution in [1.82, 2.24) is 5.32 Å². The summed E-state index contributed by atoms with van der Waals surface area (Å²) in [6, 6.07) is 0.